The van der Waals surface area contributed by atoms with Crippen molar-refractivity contribution in [2.75, 3.05) is 5.73 Å². The first-order valence-corrected chi connectivity index (χ1v) is 7.64. The standard InChI is InChI=1S/C20H15NO3/c21-14-4-3-5-16(12-14)23-15-10-8-13(9-11-15)19-17-6-1-2-7-18(17)20(22)24-19/h1-12,19H,21H2. The predicted octanol–water partition coefficient (Wildman–Crippen LogP) is 4.32. The van der Waals surface area contributed by atoms with Gasteiger partial charge in [0.15, 0.2) is 6.10 Å². The first kappa shape index (κ1) is 14.3. The zero-order valence-electron chi connectivity index (χ0n) is 12.8. The molecule has 0 bridgehead atoms. The molecular formula is C20H15NO3. The number of rotatable bonds is 3. The number of cyclic esters (lactones) is 1. The van der Waals surface area contributed by atoms with Gasteiger partial charge in [0, 0.05) is 17.3 Å². The van der Waals surface area contributed by atoms with Crippen LogP contribution in [0.5, 0.6) is 11.5 Å². The van der Waals surface area contributed by atoms with Gasteiger partial charge in [0.1, 0.15) is 11.5 Å². The SMILES string of the molecule is Nc1cccc(Oc2ccc(C3OC(=O)c4ccccc43)cc2)c1. The van der Waals surface area contributed by atoms with Gasteiger partial charge in [0.25, 0.3) is 0 Å². The number of carbonyl (C=O) groups excluding carboxylic acids is 1. The second-order valence-electron chi connectivity index (χ2n) is 5.62. The lowest BCUT2D eigenvalue weighted by atomic mass is 9.99. The van der Waals surface area contributed by atoms with Gasteiger partial charge in [-0.1, -0.05) is 36.4 Å². The van der Waals surface area contributed by atoms with Gasteiger partial charge in [0.2, 0.25) is 0 Å². The number of esters is 1. The molecule has 24 heavy (non-hydrogen) atoms. The Balaban J connectivity index is 1.58. The highest BCUT2D eigenvalue weighted by Crippen LogP contribution is 2.36. The fourth-order valence-corrected chi connectivity index (χ4v) is 2.82. The predicted molar refractivity (Wildman–Crippen MR) is 91.1 cm³/mol. The van der Waals surface area contributed by atoms with Crippen LogP contribution in [-0.4, -0.2) is 5.97 Å². The minimum atomic E-state index is -0.366. The van der Waals surface area contributed by atoms with Gasteiger partial charge in [-0.05, 0) is 35.9 Å². The summed E-state index contributed by atoms with van der Waals surface area (Å²) >= 11 is 0. The Morgan fingerprint density at radius 3 is 2.46 bits per heavy atom. The van der Waals surface area contributed by atoms with Crippen molar-refractivity contribution in [3.63, 3.8) is 0 Å². The van der Waals surface area contributed by atoms with Crippen LogP contribution in [0.3, 0.4) is 0 Å². The lowest BCUT2D eigenvalue weighted by molar-refractivity contribution is 0.0456. The fraction of sp³-hybridized carbons (Fsp3) is 0.0500. The van der Waals surface area contributed by atoms with Gasteiger partial charge in [-0.2, -0.15) is 0 Å². The maximum absolute atomic E-state index is 11.9. The molecule has 118 valence electrons. The van der Waals surface area contributed by atoms with Crippen LogP contribution in [0.1, 0.15) is 27.6 Å². The molecule has 1 aliphatic rings. The van der Waals surface area contributed by atoms with Gasteiger partial charge >= 0.3 is 5.97 Å². The molecule has 1 heterocycles. The highest BCUT2D eigenvalue weighted by Gasteiger charge is 2.31. The van der Waals surface area contributed by atoms with Crippen LogP contribution in [0.15, 0.2) is 72.8 Å². The lowest BCUT2D eigenvalue weighted by Crippen LogP contribution is -2.00. The third-order valence-corrected chi connectivity index (χ3v) is 3.96. The summed E-state index contributed by atoms with van der Waals surface area (Å²) in [4.78, 5) is 11.9. The highest BCUT2D eigenvalue weighted by molar-refractivity contribution is 5.94. The number of benzene rings is 3. The number of fused-ring (bicyclic) bond motifs is 1. The third kappa shape index (κ3) is 2.58. The molecule has 4 heteroatoms. The molecule has 0 radical (unpaired) electrons. The van der Waals surface area contributed by atoms with E-state index >= 15 is 0 Å². The van der Waals surface area contributed by atoms with E-state index in [1.54, 1.807) is 12.1 Å². The van der Waals surface area contributed by atoms with Crippen LogP contribution in [0, 0.1) is 0 Å². The molecule has 3 aromatic rings. The number of anilines is 1. The molecule has 1 atom stereocenters. The van der Waals surface area contributed by atoms with E-state index in [9.17, 15) is 4.79 Å². The molecule has 0 saturated carbocycles. The molecule has 4 nitrogen and oxygen atoms in total. The summed E-state index contributed by atoms with van der Waals surface area (Å²) < 4.78 is 11.3. The van der Waals surface area contributed by atoms with E-state index in [1.807, 2.05) is 60.7 Å². The van der Waals surface area contributed by atoms with E-state index in [4.69, 9.17) is 15.2 Å². The van der Waals surface area contributed by atoms with Crippen LogP contribution >= 0.6 is 0 Å². The fourth-order valence-electron chi connectivity index (χ4n) is 2.82. The van der Waals surface area contributed by atoms with E-state index in [0.29, 0.717) is 22.7 Å². The second-order valence-corrected chi connectivity index (χ2v) is 5.62. The average Bonchev–Trinajstić information content (AvgIpc) is 2.93. The zero-order chi connectivity index (χ0) is 16.5. The first-order chi connectivity index (χ1) is 11.7. The zero-order valence-corrected chi connectivity index (χ0v) is 12.8. The van der Waals surface area contributed by atoms with Crippen LogP contribution in [0.25, 0.3) is 0 Å². The summed E-state index contributed by atoms with van der Waals surface area (Å²) in [6, 6.07) is 22.2. The Morgan fingerprint density at radius 2 is 1.67 bits per heavy atom. The van der Waals surface area contributed by atoms with Crippen LogP contribution < -0.4 is 10.5 Å². The molecule has 1 unspecified atom stereocenters. The van der Waals surface area contributed by atoms with Crippen molar-refractivity contribution in [1.82, 2.24) is 0 Å². The Bertz CT molecular complexity index is 903. The smallest absolute Gasteiger partial charge is 0.339 e. The third-order valence-electron chi connectivity index (χ3n) is 3.96. The topological polar surface area (TPSA) is 61.6 Å². The monoisotopic (exact) mass is 317 g/mol. The molecule has 0 fully saturated rings. The van der Waals surface area contributed by atoms with Crippen molar-refractivity contribution in [2.24, 2.45) is 0 Å². The van der Waals surface area contributed by atoms with Crippen LogP contribution in [0.2, 0.25) is 0 Å². The summed E-state index contributed by atoms with van der Waals surface area (Å²) in [6.45, 7) is 0. The van der Waals surface area contributed by atoms with Gasteiger partial charge < -0.3 is 15.2 Å². The molecule has 0 spiro atoms. The van der Waals surface area contributed by atoms with Crippen molar-refractivity contribution in [1.29, 1.82) is 0 Å². The van der Waals surface area contributed by atoms with Crippen molar-refractivity contribution in [3.8, 4) is 11.5 Å². The molecule has 0 aliphatic carbocycles. The minimum Gasteiger partial charge on any atom is -0.457 e. The van der Waals surface area contributed by atoms with E-state index in [0.717, 1.165) is 11.1 Å². The number of hydrogen-bond acceptors (Lipinski definition) is 4. The number of carbonyl (C=O) groups is 1. The summed E-state index contributed by atoms with van der Waals surface area (Å²) in [5, 5.41) is 0. The summed E-state index contributed by atoms with van der Waals surface area (Å²) in [5.41, 5.74) is 8.83. The lowest BCUT2D eigenvalue weighted by Gasteiger charge is -2.12. The summed E-state index contributed by atoms with van der Waals surface area (Å²) in [5.74, 6) is 1.10. The Kier molecular flexibility index (Phi) is 3.43. The molecular weight excluding hydrogens is 302 g/mol. The first-order valence-electron chi connectivity index (χ1n) is 7.64. The normalized spacial score (nSPS) is 15.7. The van der Waals surface area contributed by atoms with Crippen molar-refractivity contribution in [3.05, 3.63) is 89.5 Å². The van der Waals surface area contributed by atoms with E-state index in [1.165, 1.54) is 0 Å². The van der Waals surface area contributed by atoms with Gasteiger partial charge in [-0.3, -0.25) is 0 Å². The largest absolute Gasteiger partial charge is 0.457 e. The molecule has 0 amide bonds. The number of nitrogen functional groups attached to an aromatic ring is 1. The van der Waals surface area contributed by atoms with Crippen LogP contribution in [-0.2, 0) is 4.74 Å². The summed E-state index contributed by atoms with van der Waals surface area (Å²) in [6.07, 6.45) is -0.366. The maximum atomic E-state index is 11.9. The number of hydrogen-bond donors (Lipinski definition) is 1. The Morgan fingerprint density at radius 1 is 0.875 bits per heavy atom. The minimum absolute atomic E-state index is 0.282. The van der Waals surface area contributed by atoms with Gasteiger partial charge in [-0.25, -0.2) is 4.79 Å². The second kappa shape index (κ2) is 5.74. The van der Waals surface area contributed by atoms with E-state index in [-0.39, 0.29) is 12.1 Å². The van der Waals surface area contributed by atoms with Crippen LogP contribution in [0.4, 0.5) is 5.69 Å². The quantitative estimate of drug-likeness (QED) is 0.577. The van der Waals surface area contributed by atoms with Crippen molar-refractivity contribution >= 4 is 11.7 Å². The molecule has 3 aromatic carbocycles. The Hall–Kier alpha value is -3.27. The molecule has 4 rings (SSSR count). The Labute approximate surface area is 139 Å². The van der Waals surface area contributed by atoms with Crippen molar-refractivity contribution < 1.29 is 14.3 Å². The maximum Gasteiger partial charge on any atom is 0.339 e. The number of nitrogens with two attached hydrogens (primary N) is 1. The molecule has 2 N–H and O–H groups in total. The molecule has 0 aromatic heterocycles. The summed E-state index contributed by atoms with van der Waals surface area (Å²) in [7, 11) is 0. The molecule has 1 aliphatic heterocycles. The average molecular weight is 317 g/mol. The highest BCUT2D eigenvalue weighted by atomic mass is 16.5. The van der Waals surface area contributed by atoms with Gasteiger partial charge in [0.05, 0.1) is 5.56 Å². The van der Waals surface area contributed by atoms with E-state index < -0.39 is 0 Å². The van der Waals surface area contributed by atoms with Crippen molar-refractivity contribution in [2.45, 2.75) is 6.10 Å². The van der Waals surface area contributed by atoms with Gasteiger partial charge in [-0.15, -0.1) is 0 Å². The van der Waals surface area contributed by atoms with E-state index in [2.05, 4.69) is 0 Å². The molecule has 0 saturated heterocycles. The number of ether oxygens (including phenoxy) is 2.